The number of carbonyl (C=O) groups is 2. The molecule has 2 heterocycles. The van der Waals surface area contributed by atoms with Gasteiger partial charge in [0.2, 0.25) is 0 Å². The lowest BCUT2D eigenvalue weighted by Gasteiger charge is -2.40. The van der Waals surface area contributed by atoms with Gasteiger partial charge in [-0.1, -0.05) is 6.92 Å². The van der Waals surface area contributed by atoms with Crippen molar-refractivity contribution in [1.29, 1.82) is 0 Å². The van der Waals surface area contributed by atoms with Crippen LogP contribution in [0, 0.1) is 0 Å². The van der Waals surface area contributed by atoms with Gasteiger partial charge in [-0.3, -0.25) is 9.69 Å². The first kappa shape index (κ1) is 17.6. The summed E-state index contributed by atoms with van der Waals surface area (Å²) in [6.07, 6.45) is 4.11. The van der Waals surface area contributed by atoms with Gasteiger partial charge in [-0.25, -0.2) is 4.79 Å². The van der Waals surface area contributed by atoms with Crippen LogP contribution in [-0.4, -0.2) is 48.2 Å². The molecule has 0 unspecified atom stereocenters. The van der Waals surface area contributed by atoms with E-state index in [9.17, 15) is 9.59 Å². The fourth-order valence-corrected chi connectivity index (χ4v) is 4.58. The van der Waals surface area contributed by atoms with E-state index >= 15 is 0 Å². The molecule has 1 saturated heterocycles. The van der Waals surface area contributed by atoms with Gasteiger partial charge in [0.15, 0.2) is 11.5 Å². The van der Waals surface area contributed by atoms with Crippen LogP contribution in [0.5, 0.6) is 17.2 Å². The Morgan fingerprint density at radius 2 is 1.96 bits per heavy atom. The average molecular weight is 386 g/mol. The summed E-state index contributed by atoms with van der Waals surface area (Å²) in [7, 11) is 1.65. The minimum Gasteiger partial charge on any atom is -0.493 e. The highest BCUT2D eigenvalue weighted by Crippen LogP contribution is 2.61. The van der Waals surface area contributed by atoms with Crippen molar-refractivity contribution in [2.45, 2.75) is 69.1 Å². The molecule has 1 N–H and O–H groups in total. The number of rotatable bonds is 5. The summed E-state index contributed by atoms with van der Waals surface area (Å²) in [4.78, 5) is 26.4. The van der Waals surface area contributed by atoms with E-state index in [-0.39, 0.29) is 29.5 Å². The zero-order valence-corrected chi connectivity index (χ0v) is 16.5. The van der Waals surface area contributed by atoms with Crippen molar-refractivity contribution >= 4 is 11.9 Å². The van der Waals surface area contributed by atoms with Crippen LogP contribution >= 0.6 is 0 Å². The van der Waals surface area contributed by atoms with E-state index in [1.54, 1.807) is 14.0 Å². The molecule has 0 radical (unpaired) electrons. The van der Waals surface area contributed by atoms with Crippen molar-refractivity contribution in [2.24, 2.45) is 0 Å². The van der Waals surface area contributed by atoms with Crippen molar-refractivity contribution in [1.82, 2.24) is 10.2 Å². The summed E-state index contributed by atoms with van der Waals surface area (Å²) in [6, 6.07) is 3.47. The Labute approximate surface area is 164 Å². The molecule has 28 heavy (non-hydrogen) atoms. The molecular weight excluding hydrogens is 360 g/mol. The normalized spacial score (nSPS) is 31.9. The molecule has 2 saturated carbocycles. The first-order chi connectivity index (χ1) is 13.4. The molecular formula is C21H26N2O5. The largest absolute Gasteiger partial charge is 0.493 e. The van der Waals surface area contributed by atoms with Crippen LogP contribution in [0.3, 0.4) is 0 Å². The molecule has 0 aromatic heterocycles. The average Bonchev–Trinajstić information content (AvgIpc) is 3.27. The number of urea groups is 1. The predicted molar refractivity (Wildman–Crippen MR) is 101 cm³/mol. The first-order valence-electron chi connectivity index (χ1n) is 10.1. The van der Waals surface area contributed by atoms with Crippen LogP contribution in [0.25, 0.3) is 0 Å². The summed E-state index contributed by atoms with van der Waals surface area (Å²) in [5, 5.41) is 2.83. The quantitative estimate of drug-likeness (QED) is 0.788. The summed E-state index contributed by atoms with van der Waals surface area (Å²) < 4.78 is 17.7. The maximum atomic E-state index is 12.7. The maximum Gasteiger partial charge on any atom is 0.325 e. The lowest BCUT2D eigenvalue weighted by atomic mass is 9.86. The Balaban J connectivity index is 1.30. The maximum absolute atomic E-state index is 12.7. The van der Waals surface area contributed by atoms with E-state index in [2.05, 4.69) is 5.32 Å². The number of hydrogen-bond acceptors (Lipinski definition) is 5. The van der Waals surface area contributed by atoms with Gasteiger partial charge in [0, 0.05) is 29.9 Å². The van der Waals surface area contributed by atoms with E-state index in [0.717, 1.165) is 35.7 Å². The Bertz CT molecular complexity index is 859. The van der Waals surface area contributed by atoms with E-state index in [1.807, 2.05) is 19.1 Å². The SMILES string of the molecule is CC[C@]1(C)NC(=O)N(C2CC(Oc3ccc(OC)c4c3C3(CC3)CO4)C2)C1=O. The summed E-state index contributed by atoms with van der Waals surface area (Å²) >= 11 is 0. The Morgan fingerprint density at radius 1 is 1.25 bits per heavy atom. The Kier molecular flexibility index (Phi) is 3.64. The number of hydrogen-bond donors (Lipinski definition) is 1. The fourth-order valence-electron chi connectivity index (χ4n) is 4.58. The first-order valence-corrected chi connectivity index (χ1v) is 10.1. The van der Waals surface area contributed by atoms with Crippen LogP contribution in [0.4, 0.5) is 4.79 Å². The van der Waals surface area contributed by atoms with Crippen molar-refractivity contribution in [3.05, 3.63) is 17.7 Å². The van der Waals surface area contributed by atoms with Gasteiger partial charge in [0.05, 0.1) is 13.7 Å². The molecule has 3 fully saturated rings. The molecule has 150 valence electrons. The number of nitrogens with zero attached hydrogens (tertiary/aromatic N) is 1. The number of ether oxygens (including phenoxy) is 3. The van der Waals surface area contributed by atoms with Crippen molar-refractivity contribution in [3.63, 3.8) is 0 Å². The van der Waals surface area contributed by atoms with Crippen LogP contribution < -0.4 is 19.5 Å². The molecule has 1 spiro atoms. The minimum atomic E-state index is -0.782. The van der Waals surface area contributed by atoms with Crippen LogP contribution in [-0.2, 0) is 10.2 Å². The van der Waals surface area contributed by atoms with Crippen molar-refractivity contribution in [3.8, 4) is 17.2 Å². The zero-order valence-electron chi connectivity index (χ0n) is 16.5. The third kappa shape index (κ3) is 2.34. The summed E-state index contributed by atoms with van der Waals surface area (Å²) in [5.74, 6) is 2.28. The molecule has 3 amide bonds. The molecule has 1 atom stereocenters. The fraction of sp³-hybridized carbons (Fsp3) is 0.619. The third-order valence-electron chi connectivity index (χ3n) is 6.91. The molecule has 4 aliphatic rings. The summed E-state index contributed by atoms with van der Waals surface area (Å²) in [6.45, 7) is 4.38. The molecule has 7 heteroatoms. The van der Waals surface area contributed by atoms with Crippen LogP contribution in [0.1, 0.15) is 51.5 Å². The minimum absolute atomic E-state index is 0.00650. The van der Waals surface area contributed by atoms with Gasteiger partial charge in [0.25, 0.3) is 5.91 Å². The number of amides is 3. The zero-order chi connectivity index (χ0) is 19.7. The van der Waals surface area contributed by atoms with E-state index in [1.165, 1.54) is 4.90 Å². The van der Waals surface area contributed by atoms with Gasteiger partial charge < -0.3 is 19.5 Å². The number of fused-ring (bicyclic) bond motifs is 2. The van der Waals surface area contributed by atoms with E-state index in [0.29, 0.717) is 25.9 Å². The molecule has 5 rings (SSSR count). The van der Waals surface area contributed by atoms with Crippen LogP contribution in [0.15, 0.2) is 12.1 Å². The van der Waals surface area contributed by atoms with Crippen molar-refractivity contribution in [2.75, 3.05) is 13.7 Å². The second kappa shape index (κ2) is 5.78. The van der Waals surface area contributed by atoms with Gasteiger partial charge >= 0.3 is 6.03 Å². The Hall–Kier alpha value is -2.44. The highest BCUT2D eigenvalue weighted by molar-refractivity contribution is 6.07. The van der Waals surface area contributed by atoms with Crippen molar-refractivity contribution < 1.29 is 23.8 Å². The smallest absolute Gasteiger partial charge is 0.325 e. The van der Waals surface area contributed by atoms with Gasteiger partial charge in [-0.05, 0) is 38.3 Å². The van der Waals surface area contributed by atoms with E-state index in [4.69, 9.17) is 14.2 Å². The lowest BCUT2D eigenvalue weighted by molar-refractivity contribution is -0.135. The number of imide groups is 1. The molecule has 1 aromatic rings. The number of methoxy groups -OCH3 is 1. The van der Waals surface area contributed by atoms with Gasteiger partial charge in [-0.2, -0.15) is 0 Å². The molecule has 7 nitrogen and oxygen atoms in total. The molecule has 0 bridgehead atoms. The van der Waals surface area contributed by atoms with Gasteiger partial charge in [-0.15, -0.1) is 0 Å². The predicted octanol–water partition coefficient (Wildman–Crippen LogP) is 2.75. The topological polar surface area (TPSA) is 77.1 Å². The highest BCUT2D eigenvalue weighted by atomic mass is 16.5. The molecule has 2 aliphatic heterocycles. The Morgan fingerprint density at radius 3 is 2.57 bits per heavy atom. The molecule has 2 aliphatic carbocycles. The standard InChI is InChI=1S/C21H26N2O5/c1-4-20(2)18(24)23(19(25)22-20)12-9-13(10-12)28-14-5-6-15(26-3)17-16(14)21(7-8-21)11-27-17/h5-6,12-13H,4,7-11H2,1-3H3,(H,22,25)/t12?,13?,20-/m0/s1. The summed E-state index contributed by atoms with van der Waals surface area (Å²) in [5.41, 5.74) is 0.426. The van der Waals surface area contributed by atoms with E-state index < -0.39 is 5.54 Å². The number of carbonyl (C=O) groups excluding carboxylic acids is 2. The lowest BCUT2D eigenvalue weighted by Crippen LogP contribution is -2.52. The van der Waals surface area contributed by atoms with Crippen LogP contribution in [0.2, 0.25) is 0 Å². The van der Waals surface area contributed by atoms with Gasteiger partial charge in [0.1, 0.15) is 17.4 Å². The molecule has 1 aromatic carbocycles. The second-order valence-electron chi connectivity index (χ2n) is 8.70. The monoisotopic (exact) mass is 386 g/mol. The number of nitrogens with one attached hydrogen (secondary N) is 1. The highest BCUT2D eigenvalue weighted by Gasteiger charge is 2.55. The number of benzene rings is 1. The third-order valence-corrected chi connectivity index (χ3v) is 6.91. The second-order valence-corrected chi connectivity index (χ2v) is 8.70.